The summed E-state index contributed by atoms with van der Waals surface area (Å²) < 4.78 is 0. The molecule has 0 spiro atoms. The van der Waals surface area contributed by atoms with E-state index >= 15 is 0 Å². The topological polar surface area (TPSA) is 119 Å². The summed E-state index contributed by atoms with van der Waals surface area (Å²) in [7, 11) is 0. The lowest BCUT2D eigenvalue weighted by atomic mass is 10.1. The van der Waals surface area contributed by atoms with E-state index in [1.54, 1.807) is 0 Å². The van der Waals surface area contributed by atoms with Crippen molar-refractivity contribution < 1.29 is 24.6 Å². The van der Waals surface area contributed by atoms with Crippen LogP contribution in [0.2, 0.25) is 0 Å². The van der Waals surface area contributed by atoms with Gasteiger partial charge in [-0.2, -0.15) is 0 Å². The minimum Gasteiger partial charge on any atom is -0.481 e. The van der Waals surface area contributed by atoms with Crippen LogP contribution in [0.5, 0.6) is 0 Å². The van der Waals surface area contributed by atoms with E-state index in [4.69, 9.17) is 10.2 Å². The molecule has 2 amide bonds. The van der Waals surface area contributed by atoms with Crippen LogP contribution < -0.4 is 10.6 Å². The van der Waals surface area contributed by atoms with E-state index in [9.17, 15) is 14.4 Å². The fourth-order valence-electron chi connectivity index (χ4n) is 2.32. The zero-order valence-electron chi connectivity index (χ0n) is 12.3. The Labute approximate surface area is 123 Å². The molecule has 1 saturated heterocycles. The molecule has 1 fully saturated rings. The average Bonchev–Trinajstić information content (AvgIpc) is 2.83. The van der Waals surface area contributed by atoms with E-state index in [0.29, 0.717) is 18.5 Å². The SMILES string of the molecule is CC(C)N1CCC(CNC(=O)N[C@@H](CC(=O)O)C(=O)O)C1. The third-order valence-corrected chi connectivity index (χ3v) is 3.58. The highest BCUT2D eigenvalue weighted by Gasteiger charge is 2.26. The van der Waals surface area contributed by atoms with Crippen molar-refractivity contribution in [2.45, 2.75) is 38.8 Å². The molecule has 0 aliphatic carbocycles. The van der Waals surface area contributed by atoms with Gasteiger partial charge in [-0.3, -0.25) is 4.79 Å². The zero-order valence-corrected chi connectivity index (χ0v) is 12.3. The van der Waals surface area contributed by atoms with Gasteiger partial charge in [-0.05, 0) is 32.7 Å². The first kappa shape index (κ1) is 17.2. The summed E-state index contributed by atoms with van der Waals surface area (Å²) in [4.78, 5) is 35.3. The highest BCUT2D eigenvalue weighted by molar-refractivity contribution is 5.86. The van der Waals surface area contributed by atoms with Gasteiger partial charge in [-0.1, -0.05) is 0 Å². The first-order chi connectivity index (χ1) is 9.79. The summed E-state index contributed by atoms with van der Waals surface area (Å²) in [5, 5.41) is 22.2. The molecule has 8 nitrogen and oxygen atoms in total. The normalized spacial score (nSPS) is 20.2. The van der Waals surface area contributed by atoms with Crippen LogP contribution in [-0.4, -0.2) is 64.8 Å². The number of hydrogen-bond acceptors (Lipinski definition) is 4. The van der Waals surface area contributed by atoms with Crippen LogP contribution in [0.1, 0.15) is 26.7 Å². The number of carboxylic acid groups (broad SMARTS) is 2. The predicted octanol–water partition coefficient (Wildman–Crippen LogP) is -0.0562. The molecule has 1 heterocycles. The molecule has 0 bridgehead atoms. The Kier molecular flexibility index (Phi) is 6.41. The molecular weight excluding hydrogens is 278 g/mol. The van der Waals surface area contributed by atoms with E-state index < -0.39 is 30.4 Å². The molecule has 120 valence electrons. The maximum Gasteiger partial charge on any atom is 0.326 e. The Balaban J connectivity index is 2.33. The van der Waals surface area contributed by atoms with Crippen LogP contribution in [0, 0.1) is 5.92 Å². The second-order valence-corrected chi connectivity index (χ2v) is 5.59. The second-order valence-electron chi connectivity index (χ2n) is 5.59. The van der Waals surface area contributed by atoms with Gasteiger partial charge in [-0.15, -0.1) is 0 Å². The third-order valence-electron chi connectivity index (χ3n) is 3.58. The lowest BCUT2D eigenvalue weighted by molar-refractivity contribution is -0.145. The summed E-state index contributed by atoms with van der Waals surface area (Å²) in [5.41, 5.74) is 0. The van der Waals surface area contributed by atoms with Gasteiger partial charge in [0.15, 0.2) is 0 Å². The van der Waals surface area contributed by atoms with Gasteiger partial charge in [0.2, 0.25) is 0 Å². The molecular formula is C13H23N3O5. The molecule has 1 aliphatic rings. The number of rotatable bonds is 7. The van der Waals surface area contributed by atoms with Crippen LogP contribution in [0.25, 0.3) is 0 Å². The lowest BCUT2D eigenvalue weighted by Crippen LogP contribution is -2.48. The highest BCUT2D eigenvalue weighted by Crippen LogP contribution is 2.17. The number of carbonyl (C=O) groups is 3. The van der Waals surface area contributed by atoms with Gasteiger partial charge >= 0.3 is 18.0 Å². The van der Waals surface area contributed by atoms with Crippen molar-refractivity contribution in [1.29, 1.82) is 0 Å². The predicted molar refractivity (Wildman–Crippen MR) is 75.0 cm³/mol. The zero-order chi connectivity index (χ0) is 16.0. The Bertz CT molecular complexity index is 399. The monoisotopic (exact) mass is 301 g/mol. The first-order valence-electron chi connectivity index (χ1n) is 7.02. The van der Waals surface area contributed by atoms with Gasteiger partial charge in [0, 0.05) is 19.1 Å². The van der Waals surface area contributed by atoms with Crippen molar-refractivity contribution in [3.8, 4) is 0 Å². The fraction of sp³-hybridized carbons (Fsp3) is 0.769. The molecule has 2 atom stereocenters. The second kappa shape index (κ2) is 7.82. The lowest BCUT2D eigenvalue weighted by Gasteiger charge is -2.20. The number of urea groups is 1. The summed E-state index contributed by atoms with van der Waals surface area (Å²) >= 11 is 0. The average molecular weight is 301 g/mol. The molecule has 8 heteroatoms. The third kappa shape index (κ3) is 5.99. The smallest absolute Gasteiger partial charge is 0.326 e. The molecule has 21 heavy (non-hydrogen) atoms. The Morgan fingerprint density at radius 3 is 2.43 bits per heavy atom. The quantitative estimate of drug-likeness (QED) is 0.523. The molecule has 0 radical (unpaired) electrons. The minimum absolute atomic E-state index is 0.334. The molecule has 1 aliphatic heterocycles. The van der Waals surface area contributed by atoms with Crippen molar-refractivity contribution in [3.05, 3.63) is 0 Å². The molecule has 4 N–H and O–H groups in total. The Hall–Kier alpha value is -1.83. The number of amides is 2. The number of aliphatic carboxylic acids is 2. The van der Waals surface area contributed by atoms with Crippen LogP contribution in [0.4, 0.5) is 4.79 Å². The van der Waals surface area contributed by atoms with Crippen molar-refractivity contribution in [1.82, 2.24) is 15.5 Å². The summed E-state index contributed by atoms with van der Waals surface area (Å²) in [6, 6.07) is -1.60. The van der Waals surface area contributed by atoms with Crippen LogP contribution >= 0.6 is 0 Å². The molecule has 0 saturated carbocycles. The van der Waals surface area contributed by atoms with E-state index in [1.807, 2.05) is 0 Å². The molecule has 1 rings (SSSR count). The number of nitrogens with zero attached hydrogens (tertiary/aromatic N) is 1. The summed E-state index contributed by atoms with van der Waals surface area (Å²) in [5.74, 6) is -2.30. The van der Waals surface area contributed by atoms with Crippen LogP contribution in [-0.2, 0) is 9.59 Å². The molecule has 0 aromatic heterocycles. The van der Waals surface area contributed by atoms with E-state index in [2.05, 4.69) is 29.4 Å². The molecule has 0 aromatic rings. The van der Waals surface area contributed by atoms with Gasteiger partial charge < -0.3 is 25.7 Å². The standard InChI is InChI=1S/C13H23N3O5/c1-8(2)16-4-3-9(7-16)6-14-13(21)15-10(12(19)20)5-11(17)18/h8-10H,3-7H2,1-2H3,(H,17,18)(H,19,20)(H2,14,15,21)/t9?,10-/m0/s1. The van der Waals surface area contributed by atoms with Gasteiger partial charge in [-0.25, -0.2) is 9.59 Å². The largest absolute Gasteiger partial charge is 0.481 e. The number of nitrogens with one attached hydrogen (secondary N) is 2. The molecule has 1 unspecified atom stereocenters. The number of likely N-dealkylation sites (tertiary alicyclic amines) is 1. The fourth-order valence-corrected chi connectivity index (χ4v) is 2.32. The summed E-state index contributed by atoms with van der Waals surface area (Å²) in [6.45, 7) is 6.57. The van der Waals surface area contributed by atoms with Crippen molar-refractivity contribution in [3.63, 3.8) is 0 Å². The van der Waals surface area contributed by atoms with Crippen molar-refractivity contribution in [2.24, 2.45) is 5.92 Å². The Morgan fingerprint density at radius 2 is 1.95 bits per heavy atom. The van der Waals surface area contributed by atoms with Crippen LogP contribution in [0.3, 0.4) is 0 Å². The first-order valence-corrected chi connectivity index (χ1v) is 7.02. The maximum absolute atomic E-state index is 11.6. The van der Waals surface area contributed by atoms with Crippen molar-refractivity contribution in [2.75, 3.05) is 19.6 Å². The number of carbonyl (C=O) groups excluding carboxylic acids is 1. The number of carboxylic acids is 2. The maximum atomic E-state index is 11.6. The summed E-state index contributed by atoms with van der Waals surface area (Å²) in [6.07, 6.45) is 0.337. The minimum atomic E-state index is -1.42. The van der Waals surface area contributed by atoms with Crippen LogP contribution in [0.15, 0.2) is 0 Å². The Morgan fingerprint density at radius 1 is 1.29 bits per heavy atom. The van der Waals surface area contributed by atoms with Gasteiger partial charge in [0.05, 0.1) is 6.42 Å². The van der Waals surface area contributed by atoms with E-state index in [1.165, 1.54) is 0 Å². The molecule has 0 aromatic carbocycles. The van der Waals surface area contributed by atoms with E-state index in [0.717, 1.165) is 19.5 Å². The van der Waals surface area contributed by atoms with Gasteiger partial charge in [0.1, 0.15) is 6.04 Å². The van der Waals surface area contributed by atoms with E-state index in [-0.39, 0.29) is 0 Å². The van der Waals surface area contributed by atoms with Crippen molar-refractivity contribution >= 4 is 18.0 Å². The van der Waals surface area contributed by atoms with Gasteiger partial charge in [0.25, 0.3) is 0 Å². The highest BCUT2D eigenvalue weighted by atomic mass is 16.4. The number of hydrogen-bond donors (Lipinski definition) is 4.